The number of ether oxygens (including phenoxy) is 3. The molecule has 26 heavy (non-hydrogen) atoms. The van der Waals surface area contributed by atoms with Crippen LogP contribution in [-0.2, 0) is 0 Å². The predicted octanol–water partition coefficient (Wildman–Crippen LogP) is 1.85. The van der Waals surface area contributed by atoms with Crippen molar-refractivity contribution in [3.05, 3.63) is 47.0 Å². The molecule has 0 saturated heterocycles. The van der Waals surface area contributed by atoms with E-state index in [2.05, 4.69) is 10.6 Å². The lowest BCUT2D eigenvalue weighted by Gasteiger charge is -2.14. The lowest BCUT2D eigenvalue weighted by Crippen LogP contribution is -2.21. The molecule has 1 aliphatic rings. The SMILES string of the molecule is COc1cc(C(=O)Nc2cccc3c2C(=O)NC3=O)cc(OC)c1OC. The minimum atomic E-state index is -0.550. The van der Waals surface area contributed by atoms with E-state index in [1.165, 1.54) is 39.5 Å². The Morgan fingerprint density at radius 2 is 1.62 bits per heavy atom. The van der Waals surface area contributed by atoms with Crippen LogP contribution < -0.4 is 24.8 Å². The van der Waals surface area contributed by atoms with Gasteiger partial charge in [-0.15, -0.1) is 0 Å². The molecular weight excluding hydrogens is 340 g/mol. The normalized spacial score (nSPS) is 12.3. The summed E-state index contributed by atoms with van der Waals surface area (Å²) in [7, 11) is 4.35. The van der Waals surface area contributed by atoms with E-state index in [-0.39, 0.29) is 22.4 Å². The maximum atomic E-state index is 12.7. The average molecular weight is 356 g/mol. The second-order valence-electron chi connectivity index (χ2n) is 5.38. The number of hydrogen-bond acceptors (Lipinski definition) is 6. The number of benzene rings is 2. The van der Waals surface area contributed by atoms with Crippen molar-refractivity contribution >= 4 is 23.4 Å². The van der Waals surface area contributed by atoms with Crippen molar-refractivity contribution in [2.24, 2.45) is 0 Å². The van der Waals surface area contributed by atoms with Gasteiger partial charge in [0.2, 0.25) is 5.75 Å². The van der Waals surface area contributed by atoms with Crippen molar-refractivity contribution in [2.75, 3.05) is 26.6 Å². The van der Waals surface area contributed by atoms with Crippen LogP contribution in [0, 0.1) is 0 Å². The van der Waals surface area contributed by atoms with Crippen LogP contribution in [0.3, 0.4) is 0 Å². The van der Waals surface area contributed by atoms with Crippen molar-refractivity contribution < 1.29 is 28.6 Å². The van der Waals surface area contributed by atoms with E-state index in [1.807, 2.05) is 0 Å². The number of imide groups is 1. The van der Waals surface area contributed by atoms with Crippen LogP contribution in [0.1, 0.15) is 31.1 Å². The minimum absolute atomic E-state index is 0.137. The van der Waals surface area contributed by atoms with Crippen molar-refractivity contribution in [2.45, 2.75) is 0 Å². The van der Waals surface area contributed by atoms with E-state index in [0.717, 1.165) is 0 Å². The van der Waals surface area contributed by atoms with Crippen LogP contribution in [0.5, 0.6) is 17.2 Å². The lowest BCUT2D eigenvalue weighted by atomic mass is 10.1. The van der Waals surface area contributed by atoms with Crippen LogP contribution in [0.15, 0.2) is 30.3 Å². The van der Waals surface area contributed by atoms with Gasteiger partial charge in [-0.05, 0) is 24.3 Å². The van der Waals surface area contributed by atoms with Crippen molar-refractivity contribution in [1.29, 1.82) is 0 Å². The summed E-state index contributed by atoms with van der Waals surface area (Å²) < 4.78 is 15.7. The Bertz CT molecular complexity index is 897. The lowest BCUT2D eigenvalue weighted by molar-refractivity contribution is 0.0879. The van der Waals surface area contributed by atoms with Gasteiger partial charge in [-0.1, -0.05) is 6.07 Å². The number of carbonyl (C=O) groups is 3. The Kier molecular flexibility index (Phi) is 4.49. The fourth-order valence-corrected chi connectivity index (χ4v) is 2.73. The molecule has 8 heteroatoms. The third-order valence-electron chi connectivity index (χ3n) is 3.94. The number of nitrogens with one attached hydrogen (secondary N) is 2. The summed E-state index contributed by atoms with van der Waals surface area (Å²) in [5.74, 6) is -0.534. The highest BCUT2D eigenvalue weighted by Gasteiger charge is 2.30. The number of methoxy groups -OCH3 is 3. The molecule has 0 fully saturated rings. The molecule has 134 valence electrons. The molecule has 2 aromatic rings. The smallest absolute Gasteiger partial charge is 0.261 e. The van der Waals surface area contributed by atoms with Gasteiger partial charge in [-0.2, -0.15) is 0 Å². The molecule has 1 heterocycles. The third-order valence-corrected chi connectivity index (χ3v) is 3.94. The van der Waals surface area contributed by atoms with Crippen LogP contribution in [0.25, 0.3) is 0 Å². The van der Waals surface area contributed by atoms with Gasteiger partial charge in [0.25, 0.3) is 17.7 Å². The summed E-state index contributed by atoms with van der Waals surface area (Å²) in [5, 5.41) is 4.85. The van der Waals surface area contributed by atoms with Gasteiger partial charge < -0.3 is 19.5 Å². The summed E-state index contributed by atoms with van der Waals surface area (Å²) in [6.07, 6.45) is 0. The van der Waals surface area contributed by atoms with Crippen LogP contribution in [0.4, 0.5) is 5.69 Å². The standard InChI is InChI=1S/C18H16N2O6/c1-24-12-7-9(8-13(25-2)15(12)26-3)16(21)19-11-6-4-5-10-14(11)18(23)20-17(10)22/h4-8H,1-3H3,(H,19,21)(H,20,22,23). The first-order chi connectivity index (χ1) is 12.5. The second kappa shape index (κ2) is 6.75. The molecular formula is C18H16N2O6. The Morgan fingerprint density at radius 1 is 0.962 bits per heavy atom. The van der Waals surface area contributed by atoms with E-state index < -0.39 is 17.7 Å². The predicted molar refractivity (Wildman–Crippen MR) is 92.3 cm³/mol. The van der Waals surface area contributed by atoms with E-state index in [4.69, 9.17) is 14.2 Å². The van der Waals surface area contributed by atoms with Gasteiger partial charge in [-0.3, -0.25) is 19.7 Å². The summed E-state index contributed by atoms with van der Waals surface area (Å²) in [6, 6.07) is 7.63. The molecule has 0 unspecified atom stereocenters. The molecule has 0 atom stereocenters. The van der Waals surface area contributed by atoms with Gasteiger partial charge in [0.15, 0.2) is 11.5 Å². The average Bonchev–Trinajstić information content (AvgIpc) is 2.95. The molecule has 8 nitrogen and oxygen atoms in total. The first-order valence-corrected chi connectivity index (χ1v) is 7.60. The van der Waals surface area contributed by atoms with Gasteiger partial charge in [0.05, 0.1) is 38.1 Å². The van der Waals surface area contributed by atoms with Crippen molar-refractivity contribution in [3.63, 3.8) is 0 Å². The number of hydrogen-bond donors (Lipinski definition) is 2. The van der Waals surface area contributed by atoms with E-state index in [0.29, 0.717) is 17.2 Å². The molecule has 2 aromatic carbocycles. The number of fused-ring (bicyclic) bond motifs is 1. The quantitative estimate of drug-likeness (QED) is 0.793. The summed E-state index contributed by atoms with van der Waals surface area (Å²) in [6.45, 7) is 0. The molecule has 0 radical (unpaired) electrons. The molecule has 0 aromatic heterocycles. The van der Waals surface area contributed by atoms with E-state index in [1.54, 1.807) is 12.1 Å². The zero-order chi connectivity index (χ0) is 18.8. The van der Waals surface area contributed by atoms with Gasteiger partial charge in [0.1, 0.15) is 0 Å². The highest BCUT2D eigenvalue weighted by molar-refractivity contribution is 6.25. The van der Waals surface area contributed by atoms with Crippen molar-refractivity contribution in [3.8, 4) is 17.2 Å². The van der Waals surface area contributed by atoms with Crippen molar-refractivity contribution in [1.82, 2.24) is 5.32 Å². The van der Waals surface area contributed by atoms with Crippen LogP contribution in [-0.4, -0.2) is 39.1 Å². The fourth-order valence-electron chi connectivity index (χ4n) is 2.73. The van der Waals surface area contributed by atoms with Gasteiger partial charge in [0, 0.05) is 5.56 Å². The first-order valence-electron chi connectivity index (χ1n) is 7.60. The molecule has 3 rings (SSSR count). The molecule has 0 bridgehead atoms. The molecule has 1 aliphatic heterocycles. The number of amides is 3. The molecule has 0 spiro atoms. The van der Waals surface area contributed by atoms with Crippen LogP contribution >= 0.6 is 0 Å². The largest absolute Gasteiger partial charge is 0.493 e. The maximum absolute atomic E-state index is 12.7. The third kappa shape index (κ3) is 2.81. The Labute approximate surface area is 149 Å². The van der Waals surface area contributed by atoms with E-state index in [9.17, 15) is 14.4 Å². The topological polar surface area (TPSA) is 103 Å². The highest BCUT2D eigenvalue weighted by Crippen LogP contribution is 2.38. The summed E-state index contributed by atoms with van der Waals surface area (Å²) in [4.78, 5) is 36.3. The Morgan fingerprint density at radius 3 is 2.19 bits per heavy atom. The van der Waals surface area contributed by atoms with E-state index >= 15 is 0 Å². The van der Waals surface area contributed by atoms with Gasteiger partial charge >= 0.3 is 0 Å². The van der Waals surface area contributed by atoms with Crippen LogP contribution in [0.2, 0.25) is 0 Å². The van der Waals surface area contributed by atoms with Gasteiger partial charge in [-0.25, -0.2) is 0 Å². The molecule has 3 amide bonds. The second-order valence-corrected chi connectivity index (χ2v) is 5.38. The zero-order valence-electron chi connectivity index (χ0n) is 14.3. The Hall–Kier alpha value is -3.55. The Balaban J connectivity index is 1.98. The number of rotatable bonds is 5. The number of anilines is 1. The zero-order valence-corrected chi connectivity index (χ0v) is 14.3. The molecule has 2 N–H and O–H groups in total. The minimum Gasteiger partial charge on any atom is -0.493 e. The summed E-state index contributed by atoms with van der Waals surface area (Å²) in [5.41, 5.74) is 0.836. The first kappa shape index (κ1) is 17.3. The molecule has 0 aliphatic carbocycles. The molecule has 0 saturated carbocycles. The highest BCUT2D eigenvalue weighted by atomic mass is 16.5. The maximum Gasteiger partial charge on any atom is 0.261 e. The number of carbonyl (C=O) groups excluding carboxylic acids is 3. The fraction of sp³-hybridized carbons (Fsp3) is 0.167. The monoisotopic (exact) mass is 356 g/mol. The summed E-state index contributed by atoms with van der Waals surface area (Å²) >= 11 is 0.